The SMILES string of the molecule is CC(C)c1cc(O)cc(C(C)(C)CC(=O)O)c1. The van der Waals surface area contributed by atoms with Gasteiger partial charge in [0.2, 0.25) is 0 Å². The van der Waals surface area contributed by atoms with E-state index >= 15 is 0 Å². The second kappa shape index (κ2) is 4.78. The molecule has 0 atom stereocenters. The molecule has 0 amide bonds. The van der Waals surface area contributed by atoms with Gasteiger partial charge in [-0.3, -0.25) is 4.79 Å². The van der Waals surface area contributed by atoms with Gasteiger partial charge in [-0.1, -0.05) is 33.8 Å². The van der Waals surface area contributed by atoms with E-state index in [-0.39, 0.29) is 12.2 Å². The van der Waals surface area contributed by atoms with Crippen LogP contribution in [-0.4, -0.2) is 16.2 Å². The molecule has 3 heteroatoms. The van der Waals surface area contributed by atoms with Gasteiger partial charge in [-0.15, -0.1) is 0 Å². The highest BCUT2D eigenvalue weighted by molar-refractivity contribution is 5.69. The Hall–Kier alpha value is -1.51. The number of hydrogen-bond acceptors (Lipinski definition) is 2. The van der Waals surface area contributed by atoms with Crippen LogP contribution in [0.1, 0.15) is 51.2 Å². The average Bonchev–Trinajstić information content (AvgIpc) is 2.14. The molecular weight excluding hydrogens is 216 g/mol. The highest BCUT2D eigenvalue weighted by Gasteiger charge is 2.25. The van der Waals surface area contributed by atoms with E-state index in [1.807, 2.05) is 33.8 Å². The molecule has 0 aliphatic carbocycles. The maximum Gasteiger partial charge on any atom is 0.304 e. The minimum absolute atomic E-state index is 0.0496. The van der Waals surface area contributed by atoms with E-state index in [0.29, 0.717) is 5.92 Å². The molecule has 1 rings (SSSR count). The zero-order valence-electron chi connectivity index (χ0n) is 10.8. The van der Waals surface area contributed by atoms with Crippen molar-refractivity contribution in [1.29, 1.82) is 0 Å². The monoisotopic (exact) mass is 236 g/mol. The number of aromatic hydroxyl groups is 1. The van der Waals surface area contributed by atoms with E-state index in [0.717, 1.165) is 11.1 Å². The third-order valence-corrected chi connectivity index (χ3v) is 2.98. The summed E-state index contributed by atoms with van der Waals surface area (Å²) in [5.74, 6) is -0.324. The van der Waals surface area contributed by atoms with Crippen molar-refractivity contribution >= 4 is 5.97 Å². The van der Waals surface area contributed by atoms with Crippen molar-refractivity contribution in [1.82, 2.24) is 0 Å². The fourth-order valence-electron chi connectivity index (χ4n) is 1.84. The lowest BCUT2D eigenvalue weighted by atomic mass is 9.80. The Morgan fingerprint density at radius 2 is 1.88 bits per heavy atom. The summed E-state index contributed by atoms with van der Waals surface area (Å²) in [7, 11) is 0. The van der Waals surface area contributed by atoms with Crippen LogP contribution in [0.15, 0.2) is 18.2 Å². The molecule has 94 valence electrons. The van der Waals surface area contributed by atoms with Gasteiger partial charge in [-0.2, -0.15) is 0 Å². The summed E-state index contributed by atoms with van der Waals surface area (Å²) in [6, 6.07) is 5.35. The molecule has 0 aliphatic heterocycles. The first-order chi connectivity index (χ1) is 7.72. The third-order valence-electron chi connectivity index (χ3n) is 2.98. The van der Waals surface area contributed by atoms with E-state index in [1.54, 1.807) is 12.1 Å². The lowest BCUT2D eigenvalue weighted by Crippen LogP contribution is -2.21. The van der Waals surface area contributed by atoms with Crippen LogP contribution >= 0.6 is 0 Å². The molecule has 2 N–H and O–H groups in total. The van der Waals surface area contributed by atoms with Gasteiger partial charge in [-0.05, 0) is 29.2 Å². The third kappa shape index (κ3) is 3.48. The minimum atomic E-state index is -0.829. The normalized spacial score (nSPS) is 11.8. The number of hydrogen-bond donors (Lipinski definition) is 2. The zero-order valence-corrected chi connectivity index (χ0v) is 10.8. The Bertz CT molecular complexity index is 419. The van der Waals surface area contributed by atoms with Crippen LogP contribution in [0.2, 0.25) is 0 Å². The van der Waals surface area contributed by atoms with E-state index in [9.17, 15) is 9.90 Å². The van der Waals surface area contributed by atoms with Crippen molar-refractivity contribution in [2.24, 2.45) is 0 Å². The van der Waals surface area contributed by atoms with Crippen molar-refractivity contribution in [3.8, 4) is 5.75 Å². The van der Waals surface area contributed by atoms with E-state index in [1.165, 1.54) is 0 Å². The molecule has 1 aromatic rings. The number of carboxylic acid groups (broad SMARTS) is 1. The molecule has 0 radical (unpaired) electrons. The molecule has 0 aromatic heterocycles. The Labute approximate surface area is 102 Å². The number of phenols is 1. The van der Waals surface area contributed by atoms with Crippen molar-refractivity contribution in [3.63, 3.8) is 0 Å². The maximum absolute atomic E-state index is 10.8. The number of phenolic OH excluding ortho intramolecular Hbond substituents is 1. The summed E-state index contributed by atoms with van der Waals surface area (Å²) in [5.41, 5.74) is 1.41. The summed E-state index contributed by atoms with van der Waals surface area (Å²) < 4.78 is 0. The average molecular weight is 236 g/mol. The van der Waals surface area contributed by atoms with Gasteiger partial charge in [0.25, 0.3) is 0 Å². The van der Waals surface area contributed by atoms with Gasteiger partial charge >= 0.3 is 5.97 Å². The minimum Gasteiger partial charge on any atom is -0.508 e. The van der Waals surface area contributed by atoms with Crippen molar-refractivity contribution < 1.29 is 15.0 Å². The van der Waals surface area contributed by atoms with E-state index in [2.05, 4.69) is 0 Å². The van der Waals surface area contributed by atoms with Gasteiger partial charge in [0.15, 0.2) is 0 Å². The molecule has 0 aliphatic rings. The number of rotatable bonds is 4. The predicted octanol–water partition coefficient (Wildman–Crippen LogP) is 3.27. The summed E-state index contributed by atoms with van der Waals surface area (Å²) in [5, 5.41) is 18.6. The fraction of sp³-hybridized carbons (Fsp3) is 0.500. The largest absolute Gasteiger partial charge is 0.508 e. The molecule has 0 saturated carbocycles. The molecule has 3 nitrogen and oxygen atoms in total. The number of aliphatic carboxylic acids is 1. The molecule has 0 heterocycles. The van der Waals surface area contributed by atoms with Crippen LogP contribution in [0.25, 0.3) is 0 Å². The topological polar surface area (TPSA) is 57.5 Å². The van der Waals surface area contributed by atoms with Crippen LogP contribution in [0.5, 0.6) is 5.75 Å². The second-order valence-electron chi connectivity index (χ2n) is 5.42. The molecule has 0 spiro atoms. The van der Waals surface area contributed by atoms with Gasteiger partial charge < -0.3 is 10.2 Å². The molecular formula is C14H20O3. The Kier molecular flexibility index (Phi) is 3.81. The predicted molar refractivity (Wildman–Crippen MR) is 67.5 cm³/mol. The van der Waals surface area contributed by atoms with Gasteiger partial charge in [-0.25, -0.2) is 0 Å². The molecule has 0 fully saturated rings. The number of carbonyl (C=O) groups is 1. The van der Waals surface area contributed by atoms with Gasteiger partial charge in [0.1, 0.15) is 5.75 Å². The summed E-state index contributed by atoms with van der Waals surface area (Å²) in [6.07, 6.45) is 0.0496. The van der Waals surface area contributed by atoms with Crippen LogP contribution in [0.4, 0.5) is 0 Å². The smallest absolute Gasteiger partial charge is 0.304 e. The molecule has 0 saturated heterocycles. The summed E-state index contributed by atoms with van der Waals surface area (Å²) in [6.45, 7) is 7.84. The summed E-state index contributed by atoms with van der Waals surface area (Å²) in [4.78, 5) is 10.8. The fourth-order valence-corrected chi connectivity index (χ4v) is 1.84. The molecule has 0 bridgehead atoms. The Morgan fingerprint density at radius 3 is 2.35 bits per heavy atom. The highest BCUT2D eigenvalue weighted by atomic mass is 16.4. The first-order valence-electron chi connectivity index (χ1n) is 5.78. The standard InChI is InChI=1S/C14H20O3/c1-9(2)10-5-11(7-12(15)6-10)14(3,4)8-13(16)17/h5-7,9,15H,8H2,1-4H3,(H,16,17). The molecule has 17 heavy (non-hydrogen) atoms. The Balaban J connectivity index is 3.17. The lowest BCUT2D eigenvalue weighted by Gasteiger charge is -2.24. The summed E-state index contributed by atoms with van der Waals surface area (Å²) >= 11 is 0. The van der Waals surface area contributed by atoms with Crippen molar-refractivity contribution in [2.45, 2.75) is 45.4 Å². The van der Waals surface area contributed by atoms with Crippen LogP contribution in [0.3, 0.4) is 0 Å². The molecule has 0 unspecified atom stereocenters. The number of benzene rings is 1. The van der Waals surface area contributed by atoms with Gasteiger partial charge in [0.05, 0.1) is 6.42 Å². The van der Waals surface area contributed by atoms with Gasteiger partial charge in [0, 0.05) is 5.41 Å². The number of carboxylic acids is 1. The zero-order chi connectivity index (χ0) is 13.2. The maximum atomic E-state index is 10.8. The van der Waals surface area contributed by atoms with Crippen LogP contribution in [-0.2, 0) is 10.2 Å². The first kappa shape index (κ1) is 13.6. The van der Waals surface area contributed by atoms with Crippen molar-refractivity contribution in [2.75, 3.05) is 0 Å². The highest BCUT2D eigenvalue weighted by Crippen LogP contribution is 2.32. The van der Waals surface area contributed by atoms with Crippen LogP contribution < -0.4 is 0 Å². The lowest BCUT2D eigenvalue weighted by molar-refractivity contribution is -0.138. The van der Waals surface area contributed by atoms with Crippen LogP contribution in [0, 0.1) is 0 Å². The quantitative estimate of drug-likeness (QED) is 0.843. The Morgan fingerprint density at radius 1 is 1.29 bits per heavy atom. The van der Waals surface area contributed by atoms with E-state index in [4.69, 9.17) is 5.11 Å². The first-order valence-corrected chi connectivity index (χ1v) is 5.78. The van der Waals surface area contributed by atoms with Crippen molar-refractivity contribution in [3.05, 3.63) is 29.3 Å². The second-order valence-corrected chi connectivity index (χ2v) is 5.42. The molecule has 1 aromatic carbocycles. The van der Waals surface area contributed by atoms with E-state index < -0.39 is 11.4 Å².